The normalized spacial score (nSPS) is 16.9. The van der Waals surface area contributed by atoms with Crippen molar-refractivity contribution in [3.63, 3.8) is 0 Å². The minimum absolute atomic E-state index is 0. The number of nitrogens with one attached hydrogen (secondary N) is 3. The van der Waals surface area contributed by atoms with Gasteiger partial charge >= 0.3 is 6.03 Å². The number of carbonyl (C=O) groups excluding carboxylic acids is 3. The number of urea groups is 1. The SMILES string of the molecule is Cl.NCCCC(=O)CCOCCOCCOCCOCCOCCOCCOCCOCCOCCOCCOCCOCCNC(=O)CCCC[C@@H]1SC[C@@H]2NC(=O)N[C@@H]21. The van der Waals surface area contributed by atoms with E-state index in [1.807, 2.05) is 11.8 Å². The first-order chi connectivity index (χ1) is 29.6. The second-order valence-corrected chi connectivity index (χ2v) is 15.0. The van der Waals surface area contributed by atoms with Crippen molar-refractivity contribution in [3.8, 4) is 0 Å². The van der Waals surface area contributed by atoms with E-state index in [2.05, 4.69) is 16.0 Å². The standard InChI is InChI=1S/C40H76N4O15S.ClH/c41-8-3-4-35(45)7-10-48-12-14-50-16-18-52-20-22-54-24-26-56-28-30-58-32-33-59-31-29-57-27-25-55-23-21-53-19-17-51-15-13-49-11-9-42-38(46)6-2-1-5-37-39-36(34-60-37)43-40(47)44-39;/h36-37,39H,1-34,41H2,(H,42,46)(H2,43,44,47);1H/t36-,37-,39-;/m0./s1. The fraction of sp³-hybridized carbons (Fsp3) is 0.925. The maximum atomic E-state index is 12.1. The zero-order chi connectivity index (χ0) is 42.8. The molecular formula is C40H77ClN4O15S. The maximum Gasteiger partial charge on any atom is 0.315 e. The Morgan fingerprint density at radius 2 is 0.918 bits per heavy atom. The summed E-state index contributed by atoms with van der Waals surface area (Å²) in [6, 6.07) is 0.398. The zero-order valence-corrected chi connectivity index (χ0v) is 37.9. The number of hydrogen-bond acceptors (Lipinski definition) is 17. The molecule has 2 rings (SSSR count). The van der Waals surface area contributed by atoms with Gasteiger partial charge in [0.15, 0.2) is 0 Å². The Morgan fingerprint density at radius 1 is 0.525 bits per heavy atom. The largest absolute Gasteiger partial charge is 0.379 e. The number of amides is 3. The Labute approximate surface area is 373 Å². The highest BCUT2D eigenvalue weighted by Crippen LogP contribution is 2.33. The molecule has 0 aromatic carbocycles. The van der Waals surface area contributed by atoms with Crippen LogP contribution in [0, 0.1) is 0 Å². The molecule has 0 unspecified atom stereocenters. The van der Waals surface area contributed by atoms with Crippen molar-refractivity contribution in [2.24, 2.45) is 5.73 Å². The molecule has 360 valence electrons. The van der Waals surface area contributed by atoms with Crippen LogP contribution in [0.2, 0.25) is 0 Å². The number of rotatable bonds is 47. The van der Waals surface area contributed by atoms with Gasteiger partial charge in [0, 0.05) is 36.8 Å². The minimum Gasteiger partial charge on any atom is -0.379 e. The Kier molecular flexibility index (Phi) is 41.3. The molecule has 3 atom stereocenters. The van der Waals surface area contributed by atoms with Crippen molar-refractivity contribution in [2.75, 3.05) is 177 Å². The molecule has 2 aliphatic rings. The third kappa shape index (κ3) is 35.6. The van der Waals surface area contributed by atoms with Crippen molar-refractivity contribution >= 4 is 41.9 Å². The lowest BCUT2D eigenvalue weighted by Crippen LogP contribution is -2.36. The number of ether oxygens (including phenoxy) is 12. The molecule has 2 fully saturated rings. The van der Waals surface area contributed by atoms with Gasteiger partial charge in [0.25, 0.3) is 0 Å². The van der Waals surface area contributed by atoms with E-state index in [4.69, 9.17) is 62.6 Å². The van der Waals surface area contributed by atoms with E-state index in [1.165, 1.54) is 0 Å². The molecular weight excluding hydrogens is 844 g/mol. The minimum atomic E-state index is -0.0630. The third-order valence-corrected chi connectivity index (χ3v) is 10.4. The predicted octanol–water partition coefficient (Wildman–Crippen LogP) is 1.15. The van der Waals surface area contributed by atoms with Gasteiger partial charge in [-0.05, 0) is 25.8 Å². The molecule has 0 saturated carbocycles. The van der Waals surface area contributed by atoms with Crippen molar-refractivity contribution in [2.45, 2.75) is 62.3 Å². The molecule has 21 heteroatoms. The fourth-order valence-electron chi connectivity index (χ4n) is 5.76. The first-order valence-electron chi connectivity index (χ1n) is 21.7. The van der Waals surface area contributed by atoms with Crippen molar-refractivity contribution < 1.29 is 71.2 Å². The van der Waals surface area contributed by atoms with Crippen molar-refractivity contribution in [1.29, 1.82) is 0 Å². The zero-order valence-electron chi connectivity index (χ0n) is 36.3. The smallest absolute Gasteiger partial charge is 0.315 e. The summed E-state index contributed by atoms with van der Waals surface area (Å²) in [5.74, 6) is 1.18. The summed E-state index contributed by atoms with van der Waals surface area (Å²) in [6.07, 6.45) is 4.99. The van der Waals surface area contributed by atoms with Gasteiger partial charge in [-0.2, -0.15) is 11.8 Å². The Hall–Kier alpha value is -1.47. The highest BCUT2D eigenvalue weighted by Gasteiger charge is 2.42. The van der Waals surface area contributed by atoms with Crippen LogP contribution in [0.3, 0.4) is 0 Å². The van der Waals surface area contributed by atoms with E-state index < -0.39 is 0 Å². The monoisotopic (exact) mass is 920 g/mol. The average Bonchev–Trinajstić information content (AvgIpc) is 3.81. The van der Waals surface area contributed by atoms with Crippen molar-refractivity contribution in [3.05, 3.63) is 0 Å². The van der Waals surface area contributed by atoms with Crippen LogP contribution in [0.15, 0.2) is 0 Å². The van der Waals surface area contributed by atoms with Gasteiger partial charge in [0.05, 0.1) is 171 Å². The molecule has 2 heterocycles. The number of Topliss-reactive ketones (excluding diaryl/α,β-unsaturated/α-hetero) is 1. The summed E-state index contributed by atoms with van der Waals surface area (Å²) in [7, 11) is 0. The number of ketones is 1. The summed E-state index contributed by atoms with van der Waals surface area (Å²) >= 11 is 1.90. The first-order valence-corrected chi connectivity index (χ1v) is 22.7. The molecule has 19 nitrogen and oxygen atoms in total. The van der Waals surface area contributed by atoms with Gasteiger partial charge < -0.3 is 78.5 Å². The molecule has 0 aromatic rings. The second-order valence-electron chi connectivity index (χ2n) is 13.7. The van der Waals surface area contributed by atoms with Crippen LogP contribution in [-0.4, -0.2) is 212 Å². The van der Waals surface area contributed by atoms with Crippen LogP contribution in [-0.2, 0) is 66.4 Å². The molecule has 0 bridgehead atoms. The topological polar surface area (TPSA) is 224 Å². The third-order valence-electron chi connectivity index (χ3n) is 8.93. The fourth-order valence-corrected chi connectivity index (χ4v) is 7.30. The van der Waals surface area contributed by atoms with E-state index >= 15 is 0 Å². The molecule has 5 N–H and O–H groups in total. The predicted molar refractivity (Wildman–Crippen MR) is 232 cm³/mol. The van der Waals surface area contributed by atoms with Gasteiger partial charge in [-0.25, -0.2) is 4.79 Å². The summed E-state index contributed by atoms with van der Waals surface area (Å²) in [5.41, 5.74) is 5.39. The van der Waals surface area contributed by atoms with Crippen LogP contribution in [0.25, 0.3) is 0 Å². The van der Waals surface area contributed by atoms with Gasteiger partial charge in [0.1, 0.15) is 5.78 Å². The molecule has 0 radical (unpaired) electrons. The lowest BCUT2D eigenvalue weighted by molar-refractivity contribution is -0.121. The number of unbranched alkanes of at least 4 members (excludes halogenated alkanes) is 1. The van der Waals surface area contributed by atoms with Crippen LogP contribution in [0.5, 0.6) is 0 Å². The molecule has 61 heavy (non-hydrogen) atoms. The summed E-state index contributed by atoms with van der Waals surface area (Å²) in [6.45, 7) is 12.4. The van der Waals surface area contributed by atoms with Crippen LogP contribution in [0.4, 0.5) is 4.79 Å². The van der Waals surface area contributed by atoms with E-state index in [0.717, 1.165) is 31.4 Å². The molecule has 0 aromatic heterocycles. The Balaban J connectivity index is 0.0000186. The lowest BCUT2D eigenvalue weighted by Gasteiger charge is -2.16. The maximum absolute atomic E-state index is 12.1. The van der Waals surface area contributed by atoms with Crippen LogP contribution in [0.1, 0.15) is 44.9 Å². The average molecular weight is 922 g/mol. The lowest BCUT2D eigenvalue weighted by atomic mass is 10.0. The van der Waals surface area contributed by atoms with E-state index in [9.17, 15) is 14.4 Å². The highest BCUT2D eigenvalue weighted by atomic mass is 35.5. The van der Waals surface area contributed by atoms with Gasteiger partial charge in [-0.15, -0.1) is 12.4 Å². The van der Waals surface area contributed by atoms with Crippen LogP contribution >= 0.6 is 24.2 Å². The highest BCUT2D eigenvalue weighted by molar-refractivity contribution is 8.00. The quantitative estimate of drug-likeness (QED) is 0.0497. The Bertz CT molecular complexity index is 1040. The van der Waals surface area contributed by atoms with Gasteiger partial charge in [-0.1, -0.05) is 6.42 Å². The number of fused-ring (bicyclic) bond motifs is 1. The molecule has 2 aliphatic heterocycles. The second kappa shape index (κ2) is 43.8. The number of hydrogen-bond donors (Lipinski definition) is 4. The van der Waals surface area contributed by atoms with E-state index in [-0.39, 0.29) is 42.2 Å². The first kappa shape index (κ1) is 57.5. The van der Waals surface area contributed by atoms with E-state index in [1.54, 1.807) is 0 Å². The number of thioether (sulfide) groups is 1. The van der Waals surface area contributed by atoms with Crippen LogP contribution < -0.4 is 21.7 Å². The molecule has 3 amide bonds. The summed E-state index contributed by atoms with van der Waals surface area (Å²) < 4.78 is 65.8. The molecule has 2 saturated heterocycles. The summed E-state index contributed by atoms with van der Waals surface area (Å²) in [5, 5.41) is 9.28. The van der Waals surface area contributed by atoms with Gasteiger partial charge in [-0.3, -0.25) is 9.59 Å². The summed E-state index contributed by atoms with van der Waals surface area (Å²) in [4.78, 5) is 35.0. The van der Waals surface area contributed by atoms with Gasteiger partial charge in [0.2, 0.25) is 5.91 Å². The Morgan fingerprint density at radius 3 is 1.33 bits per heavy atom. The van der Waals surface area contributed by atoms with E-state index in [0.29, 0.717) is 196 Å². The molecule has 0 aliphatic carbocycles. The van der Waals surface area contributed by atoms with Crippen molar-refractivity contribution in [1.82, 2.24) is 16.0 Å². The molecule has 0 spiro atoms. The number of carbonyl (C=O) groups is 3. The number of nitrogens with two attached hydrogens (primary N) is 1. The number of halogens is 1.